The molecule has 0 saturated carbocycles. The van der Waals surface area contributed by atoms with Crippen LogP contribution in [0.2, 0.25) is 0 Å². The third kappa shape index (κ3) is 5.53. The molecule has 0 N–H and O–H groups in total. The average molecular weight is 363 g/mol. The second-order valence-electron chi connectivity index (χ2n) is 7.29. The van der Waals surface area contributed by atoms with Crippen molar-refractivity contribution in [2.24, 2.45) is 5.92 Å². The van der Waals surface area contributed by atoms with Gasteiger partial charge < -0.3 is 9.47 Å². The number of hydrogen-bond acceptors (Lipinski definition) is 5. The number of thiocarbonyl (C=S) groups is 1. The van der Waals surface area contributed by atoms with Gasteiger partial charge >= 0.3 is 12.1 Å². The molecule has 25 heavy (non-hydrogen) atoms. The number of rotatable bonds is 4. The third-order valence-electron chi connectivity index (χ3n) is 4.00. The van der Waals surface area contributed by atoms with Crippen LogP contribution in [0.1, 0.15) is 39.7 Å². The summed E-state index contributed by atoms with van der Waals surface area (Å²) in [5.41, 5.74) is 0.278. The van der Waals surface area contributed by atoms with Crippen molar-refractivity contribution < 1.29 is 19.1 Å². The van der Waals surface area contributed by atoms with Crippen LogP contribution in [0.3, 0.4) is 0 Å². The predicted octanol–water partition coefficient (Wildman–Crippen LogP) is 3.75. The van der Waals surface area contributed by atoms with Crippen molar-refractivity contribution in [2.45, 2.75) is 52.4 Å². The van der Waals surface area contributed by atoms with Gasteiger partial charge in [-0.25, -0.2) is 9.59 Å². The topological polar surface area (TPSA) is 55.8 Å². The summed E-state index contributed by atoms with van der Waals surface area (Å²) in [6, 6.07) is 8.78. The minimum absolute atomic E-state index is 0.00297. The summed E-state index contributed by atoms with van der Waals surface area (Å²) in [6.45, 7) is 7.79. The molecular weight excluding hydrogens is 338 g/mol. The zero-order chi connectivity index (χ0) is 18.6. The fourth-order valence-electron chi connectivity index (χ4n) is 2.70. The first-order chi connectivity index (χ1) is 11.7. The number of esters is 1. The number of likely N-dealkylation sites (tertiary alicyclic amines) is 1. The molecule has 2 rings (SSSR count). The highest BCUT2D eigenvalue weighted by Gasteiger charge is 2.42. The van der Waals surface area contributed by atoms with E-state index in [4.69, 9.17) is 21.7 Å². The van der Waals surface area contributed by atoms with Crippen LogP contribution in [-0.2, 0) is 20.9 Å². The van der Waals surface area contributed by atoms with E-state index in [1.807, 2.05) is 37.3 Å². The van der Waals surface area contributed by atoms with Crippen molar-refractivity contribution in [3.8, 4) is 0 Å². The molecule has 0 bridgehead atoms. The Balaban J connectivity index is 2.06. The smallest absolute Gasteiger partial charge is 0.411 e. The van der Waals surface area contributed by atoms with Crippen molar-refractivity contribution in [3.05, 3.63) is 35.9 Å². The molecule has 6 heteroatoms. The Labute approximate surface area is 154 Å². The Morgan fingerprint density at radius 2 is 1.88 bits per heavy atom. The van der Waals surface area contributed by atoms with E-state index in [0.29, 0.717) is 13.0 Å². The first-order valence-corrected chi connectivity index (χ1v) is 8.79. The van der Waals surface area contributed by atoms with Gasteiger partial charge in [-0.2, -0.15) is 0 Å². The third-order valence-corrected chi connectivity index (χ3v) is 4.33. The van der Waals surface area contributed by atoms with Gasteiger partial charge in [0.1, 0.15) is 18.2 Å². The van der Waals surface area contributed by atoms with Crippen LogP contribution < -0.4 is 0 Å². The van der Waals surface area contributed by atoms with Gasteiger partial charge in [-0.1, -0.05) is 42.5 Å². The van der Waals surface area contributed by atoms with Crippen molar-refractivity contribution in [2.75, 3.05) is 6.54 Å². The minimum Gasteiger partial charge on any atom is -0.459 e. The van der Waals surface area contributed by atoms with Gasteiger partial charge in [-0.3, -0.25) is 4.90 Å². The Kier molecular flexibility index (Phi) is 6.16. The Morgan fingerprint density at radius 3 is 2.44 bits per heavy atom. The van der Waals surface area contributed by atoms with Crippen molar-refractivity contribution in [1.29, 1.82) is 0 Å². The maximum atomic E-state index is 12.6. The fourth-order valence-corrected chi connectivity index (χ4v) is 2.87. The van der Waals surface area contributed by atoms with Crippen LogP contribution in [0.15, 0.2) is 30.3 Å². The average Bonchev–Trinajstić information content (AvgIpc) is 2.98. The molecule has 1 fully saturated rings. The molecular formula is C19H25NO4S. The lowest BCUT2D eigenvalue weighted by atomic mass is 10.0. The second kappa shape index (κ2) is 7.95. The summed E-state index contributed by atoms with van der Waals surface area (Å²) in [5, 5.41) is 0. The number of hydrogen-bond donors (Lipinski definition) is 0. The summed E-state index contributed by atoms with van der Waals surface area (Å²) in [4.78, 5) is 27.3. The van der Waals surface area contributed by atoms with Crippen LogP contribution in [0, 0.1) is 5.92 Å². The normalized spacial score (nSPS) is 20.2. The summed E-state index contributed by atoms with van der Waals surface area (Å²) in [7, 11) is 0. The quantitative estimate of drug-likeness (QED) is 0.602. The van der Waals surface area contributed by atoms with Gasteiger partial charge in [0.25, 0.3) is 0 Å². The van der Waals surface area contributed by atoms with Crippen LogP contribution >= 0.6 is 12.2 Å². The number of ether oxygens (including phenoxy) is 2. The Bertz CT molecular complexity index is 639. The van der Waals surface area contributed by atoms with E-state index in [-0.39, 0.29) is 12.5 Å². The van der Waals surface area contributed by atoms with E-state index in [1.165, 1.54) is 4.90 Å². The lowest BCUT2D eigenvalue weighted by Crippen LogP contribution is -2.44. The molecule has 1 aliphatic heterocycles. The van der Waals surface area contributed by atoms with Crippen LogP contribution in [0.5, 0.6) is 0 Å². The highest BCUT2D eigenvalue weighted by Crippen LogP contribution is 2.28. The fraction of sp³-hybridized carbons (Fsp3) is 0.526. The Morgan fingerprint density at radius 1 is 1.24 bits per heavy atom. The lowest BCUT2D eigenvalue weighted by molar-refractivity contribution is -0.150. The van der Waals surface area contributed by atoms with Crippen LogP contribution in [-0.4, -0.2) is 40.0 Å². The van der Waals surface area contributed by atoms with Gasteiger partial charge in [0.05, 0.1) is 0 Å². The molecule has 0 radical (unpaired) electrons. The highest BCUT2D eigenvalue weighted by molar-refractivity contribution is 7.80. The first-order valence-electron chi connectivity index (χ1n) is 8.38. The van der Waals surface area contributed by atoms with E-state index >= 15 is 0 Å². The van der Waals surface area contributed by atoms with E-state index in [1.54, 1.807) is 20.8 Å². The van der Waals surface area contributed by atoms with Gasteiger partial charge in [0, 0.05) is 12.5 Å². The number of nitrogens with zero attached hydrogens (tertiary/aromatic N) is 1. The van der Waals surface area contributed by atoms with Crippen molar-refractivity contribution in [3.63, 3.8) is 0 Å². The zero-order valence-corrected chi connectivity index (χ0v) is 16.0. The van der Waals surface area contributed by atoms with Crippen molar-refractivity contribution in [1.82, 2.24) is 4.90 Å². The molecule has 2 atom stereocenters. The molecule has 1 aromatic carbocycles. The monoisotopic (exact) mass is 363 g/mol. The van der Waals surface area contributed by atoms with Crippen LogP contribution in [0.25, 0.3) is 0 Å². The number of carbonyl (C=O) groups is 2. The molecule has 136 valence electrons. The number of carbonyl (C=O) groups excluding carboxylic acids is 2. The van der Waals surface area contributed by atoms with Crippen LogP contribution in [0.4, 0.5) is 4.79 Å². The minimum atomic E-state index is -0.665. The van der Waals surface area contributed by atoms with Gasteiger partial charge in [-0.15, -0.1) is 0 Å². The van der Waals surface area contributed by atoms with E-state index in [0.717, 1.165) is 10.4 Å². The summed E-state index contributed by atoms with van der Waals surface area (Å²) < 4.78 is 10.8. The molecule has 5 nitrogen and oxygen atoms in total. The van der Waals surface area contributed by atoms with E-state index in [2.05, 4.69) is 0 Å². The van der Waals surface area contributed by atoms with Gasteiger partial charge in [-0.05, 0) is 44.5 Å². The number of benzene rings is 1. The summed E-state index contributed by atoms with van der Waals surface area (Å²) >= 11 is 5.25. The molecule has 1 heterocycles. The first kappa shape index (κ1) is 19.4. The molecule has 1 amide bonds. The zero-order valence-electron chi connectivity index (χ0n) is 15.2. The molecule has 0 aliphatic carbocycles. The lowest BCUT2D eigenvalue weighted by Gasteiger charge is -2.27. The summed E-state index contributed by atoms with van der Waals surface area (Å²) in [6.07, 6.45) is -0.0322. The van der Waals surface area contributed by atoms with Gasteiger partial charge in [0.15, 0.2) is 0 Å². The maximum Gasteiger partial charge on any atom is 0.411 e. The van der Waals surface area contributed by atoms with E-state index in [9.17, 15) is 9.59 Å². The molecule has 1 aromatic rings. The molecule has 1 aliphatic rings. The molecule has 0 unspecified atom stereocenters. The molecule has 1 saturated heterocycles. The number of amides is 1. The largest absolute Gasteiger partial charge is 0.459 e. The summed E-state index contributed by atoms with van der Waals surface area (Å²) in [5.74, 6) is -0.426. The maximum absolute atomic E-state index is 12.6. The molecule has 0 spiro atoms. The van der Waals surface area contributed by atoms with E-state index < -0.39 is 23.7 Å². The second-order valence-corrected chi connectivity index (χ2v) is 7.93. The standard InChI is InChI=1S/C19H25NO4S/c1-13(25)15-10-16(20(11-15)18(22)24-19(2,3)4)17(21)23-12-14-8-6-5-7-9-14/h5-9,15-16H,10-12H2,1-4H3/t15-,16+/m1/s1. The van der Waals surface area contributed by atoms with Crippen molar-refractivity contribution >= 4 is 29.1 Å². The highest BCUT2D eigenvalue weighted by atomic mass is 32.1. The SMILES string of the molecule is CC(=S)[C@@H]1C[C@@H](C(=O)OCc2ccccc2)N(C(=O)OC(C)(C)C)C1. The predicted molar refractivity (Wildman–Crippen MR) is 99.3 cm³/mol. The molecule has 0 aromatic heterocycles. The Hall–Kier alpha value is -1.95. The van der Waals surface area contributed by atoms with Gasteiger partial charge in [0.2, 0.25) is 0 Å².